The van der Waals surface area contributed by atoms with Crippen LogP contribution in [0, 0.1) is 0 Å². The summed E-state index contributed by atoms with van der Waals surface area (Å²) < 4.78 is 0. The van der Waals surface area contributed by atoms with E-state index in [-0.39, 0.29) is 0 Å². The third-order valence-corrected chi connectivity index (χ3v) is 4.55. The van der Waals surface area contributed by atoms with E-state index in [2.05, 4.69) is 67.1 Å². The topological polar surface area (TPSA) is 18.5 Å². The van der Waals surface area contributed by atoms with Gasteiger partial charge >= 0.3 is 0 Å². The summed E-state index contributed by atoms with van der Waals surface area (Å²) in [4.78, 5) is 5.01. The van der Waals surface area contributed by atoms with Crippen molar-refractivity contribution in [3.63, 3.8) is 0 Å². The van der Waals surface area contributed by atoms with Crippen LogP contribution in [0.5, 0.6) is 0 Å². The average molecular weight is 289 g/mol. The molecule has 1 N–H and O–H groups in total. The van der Waals surface area contributed by atoms with Crippen molar-refractivity contribution >= 4 is 5.69 Å². The van der Waals surface area contributed by atoms with E-state index in [1.54, 1.807) is 0 Å². The van der Waals surface area contributed by atoms with Crippen LogP contribution in [0.15, 0.2) is 24.3 Å². The van der Waals surface area contributed by atoms with Crippen LogP contribution in [-0.2, 0) is 6.54 Å². The predicted molar refractivity (Wildman–Crippen MR) is 91.8 cm³/mol. The molecule has 2 rings (SSSR count). The first-order valence-electron chi connectivity index (χ1n) is 8.44. The molecule has 0 amide bonds. The Morgan fingerprint density at radius 1 is 1.29 bits per heavy atom. The van der Waals surface area contributed by atoms with Crippen molar-refractivity contribution in [3.8, 4) is 0 Å². The molecule has 1 unspecified atom stereocenters. The lowest BCUT2D eigenvalue weighted by Gasteiger charge is -2.21. The standard InChI is InChI=1S/C18H31N3/c1-5-20(6-2)13-16-8-7-9-17(12-16)19-18-10-11-21(14-18)15(3)4/h7-9,12,15,18-19H,5-6,10-11,13-14H2,1-4H3. The Balaban J connectivity index is 1.92. The highest BCUT2D eigenvalue weighted by Gasteiger charge is 2.23. The summed E-state index contributed by atoms with van der Waals surface area (Å²) in [6, 6.07) is 10.2. The Hall–Kier alpha value is -1.06. The molecule has 1 saturated heterocycles. The maximum absolute atomic E-state index is 3.72. The molecule has 1 aromatic carbocycles. The van der Waals surface area contributed by atoms with Gasteiger partial charge in [-0.05, 0) is 51.1 Å². The molecule has 1 heterocycles. The molecule has 1 aliphatic rings. The number of nitrogens with zero attached hydrogens (tertiary/aromatic N) is 2. The molecule has 1 fully saturated rings. The molecule has 1 aromatic rings. The lowest BCUT2D eigenvalue weighted by atomic mass is 10.1. The van der Waals surface area contributed by atoms with Crippen LogP contribution in [0.3, 0.4) is 0 Å². The summed E-state index contributed by atoms with van der Waals surface area (Å²) in [6.45, 7) is 14.7. The summed E-state index contributed by atoms with van der Waals surface area (Å²) >= 11 is 0. The number of hydrogen-bond acceptors (Lipinski definition) is 3. The molecule has 0 aromatic heterocycles. The molecular formula is C18H31N3. The smallest absolute Gasteiger partial charge is 0.0400 e. The maximum atomic E-state index is 3.72. The van der Waals surface area contributed by atoms with E-state index in [4.69, 9.17) is 0 Å². The zero-order valence-corrected chi connectivity index (χ0v) is 14.1. The summed E-state index contributed by atoms with van der Waals surface area (Å²) in [6.07, 6.45) is 1.25. The maximum Gasteiger partial charge on any atom is 0.0400 e. The first-order chi connectivity index (χ1) is 10.1. The zero-order valence-electron chi connectivity index (χ0n) is 14.1. The van der Waals surface area contributed by atoms with Gasteiger partial charge in [-0.25, -0.2) is 0 Å². The average Bonchev–Trinajstić information content (AvgIpc) is 2.94. The Bertz CT molecular complexity index is 426. The number of likely N-dealkylation sites (tertiary alicyclic amines) is 1. The van der Waals surface area contributed by atoms with Crippen LogP contribution in [0.1, 0.15) is 39.7 Å². The van der Waals surface area contributed by atoms with E-state index >= 15 is 0 Å². The van der Waals surface area contributed by atoms with Crippen LogP contribution in [-0.4, -0.2) is 48.1 Å². The Labute approximate surface area is 130 Å². The molecule has 0 spiro atoms. The van der Waals surface area contributed by atoms with E-state index in [9.17, 15) is 0 Å². The molecule has 3 nitrogen and oxygen atoms in total. The van der Waals surface area contributed by atoms with Crippen LogP contribution in [0.25, 0.3) is 0 Å². The molecule has 0 aliphatic carbocycles. The van der Waals surface area contributed by atoms with Crippen LogP contribution >= 0.6 is 0 Å². The van der Waals surface area contributed by atoms with Gasteiger partial charge in [0.15, 0.2) is 0 Å². The number of hydrogen-bond donors (Lipinski definition) is 1. The van der Waals surface area contributed by atoms with E-state index in [0.29, 0.717) is 12.1 Å². The number of nitrogens with one attached hydrogen (secondary N) is 1. The Kier molecular flexibility index (Phi) is 6.07. The first kappa shape index (κ1) is 16.3. The monoisotopic (exact) mass is 289 g/mol. The fourth-order valence-corrected chi connectivity index (χ4v) is 3.07. The lowest BCUT2D eigenvalue weighted by molar-refractivity contribution is 0.274. The lowest BCUT2D eigenvalue weighted by Crippen LogP contribution is -2.31. The highest BCUT2D eigenvalue weighted by Crippen LogP contribution is 2.19. The van der Waals surface area contributed by atoms with Gasteiger partial charge in [-0.1, -0.05) is 26.0 Å². The van der Waals surface area contributed by atoms with Crippen molar-refractivity contribution in [2.45, 2.75) is 52.7 Å². The second-order valence-corrected chi connectivity index (χ2v) is 6.38. The quantitative estimate of drug-likeness (QED) is 0.830. The van der Waals surface area contributed by atoms with Crippen molar-refractivity contribution in [3.05, 3.63) is 29.8 Å². The predicted octanol–water partition coefficient (Wildman–Crippen LogP) is 3.42. The third-order valence-electron chi connectivity index (χ3n) is 4.55. The highest BCUT2D eigenvalue weighted by molar-refractivity contribution is 5.46. The third kappa shape index (κ3) is 4.72. The van der Waals surface area contributed by atoms with Gasteiger partial charge < -0.3 is 5.32 Å². The molecular weight excluding hydrogens is 258 g/mol. The Morgan fingerprint density at radius 2 is 2.05 bits per heavy atom. The molecule has 0 saturated carbocycles. The zero-order chi connectivity index (χ0) is 15.2. The van der Waals surface area contributed by atoms with Crippen LogP contribution in [0.2, 0.25) is 0 Å². The van der Waals surface area contributed by atoms with E-state index in [1.165, 1.54) is 24.2 Å². The van der Waals surface area contributed by atoms with E-state index in [0.717, 1.165) is 26.2 Å². The summed E-state index contributed by atoms with van der Waals surface area (Å²) in [5, 5.41) is 3.72. The van der Waals surface area contributed by atoms with Gasteiger partial charge in [0.25, 0.3) is 0 Å². The number of benzene rings is 1. The summed E-state index contributed by atoms with van der Waals surface area (Å²) in [5.41, 5.74) is 2.68. The highest BCUT2D eigenvalue weighted by atomic mass is 15.2. The minimum Gasteiger partial charge on any atom is -0.381 e. The van der Waals surface area contributed by atoms with Gasteiger partial charge in [0.05, 0.1) is 0 Å². The van der Waals surface area contributed by atoms with Crippen LogP contribution in [0.4, 0.5) is 5.69 Å². The van der Waals surface area contributed by atoms with Crippen molar-refractivity contribution in [2.24, 2.45) is 0 Å². The number of rotatable bonds is 7. The Morgan fingerprint density at radius 3 is 2.67 bits per heavy atom. The van der Waals surface area contributed by atoms with Crippen molar-refractivity contribution in [2.75, 3.05) is 31.5 Å². The normalized spacial score (nSPS) is 19.6. The molecule has 118 valence electrons. The number of anilines is 1. The fraction of sp³-hybridized carbons (Fsp3) is 0.667. The second kappa shape index (κ2) is 7.81. The summed E-state index contributed by atoms with van der Waals surface area (Å²) in [5.74, 6) is 0. The first-order valence-corrected chi connectivity index (χ1v) is 8.44. The van der Waals surface area contributed by atoms with Crippen molar-refractivity contribution in [1.29, 1.82) is 0 Å². The molecule has 21 heavy (non-hydrogen) atoms. The van der Waals surface area contributed by atoms with E-state index < -0.39 is 0 Å². The van der Waals surface area contributed by atoms with E-state index in [1.807, 2.05) is 0 Å². The molecule has 1 aliphatic heterocycles. The molecule has 3 heteroatoms. The minimum absolute atomic E-state index is 0.594. The van der Waals surface area contributed by atoms with Crippen molar-refractivity contribution in [1.82, 2.24) is 9.80 Å². The SMILES string of the molecule is CCN(CC)Cc1cccc(NC2CCN(C(C)C)C2)c1. The summed E-state index contributed by atoms with van der Waals surface area (Å²) in [7, 11) is 0. The second-order valence-electron chi connectivity index (χ2n) is 6.38. The van der Waals surface area contributed by atoms with Gasteiger partial charge in [0.1, 0.15) is 0 Å². The fourth-order valence-electron chi connectivity index (χ4n) is 3.07. The van der Waals surface area contributed by atoms with Crippen LogP contribution < -0.4 is 5.32 Å². The molecule has 0 bridgehead atoms. The largest absolute Gasteiger partial charge is 0.381 e. The molecule has 1 atom stereocenters. The minimum atomic E-state index is 0.594. The van der Waals surface area contributed by atoms with Gasteiger partial charge in [0.2, 0.25) is 0 Å². The van der Waals surface area contributed by atoms with Gasteiger partial charge in [0, 0.05) is 37.4 Å². The van der Waals surface area contributed by atoms with Crippen molar-refractivity contribution < 1.29 is 0 Å². The van der Waals surface area contributed by atoms with Gasteiger partial charge in [-0.2, -0.15) is 0 Å². The van der Waals surface area contributed by atoms with Gasteiger partial charge in [-0.3, -0.25) is 9.80 Å². The van der Waals surface area contributed by atoms with Gasteiger partial charge in [-0.15, -0.1) is 0 Å². The molecule has 0 radical (unpaired) electrons.